The summed E-state index contributed by atoms with van der Waals surface area (Å²) in [5, 5.41) is 46.1. The van der Waals surface area contributed by atoms with Crippen molar-refractivity contribution in [3.63, 3.8) is 0 Å². The molecule has 0 amide bonds. The van der Waals surface area contributed by atoms with Crippen molar-refractivity contribution in [3.8, 4) is 0 Å². The second kappa shape index (κ2) is 4.91. The Hall–Kier alpha value is -1.79. The number of ether oxygens (including phenoxy) is 4. The molecular formula is C20H24O11. The molecule has 11 heteroatoms. The van der Waals surface area contributed by atoms with Crippen molar-refractivity contribution in [1.29, 1.82) is 0 Å². The maximum Gasteiger partial charge on any atom is 0.343 e. The van der Waals surface area contributed by atoms with Crippen LogP contribution >= 0.6 is 0 Å². The Labute approximate surface area is 176 Å². The number of hydrogen-bond donors (Lipinski definition) is 4. The standard InChI is InChI=1S/C20H24O11/c1-5-12(24)28-11-8(22)18-10-6(21)7(16(2,3)4)17(18)9(23)13(25)30-15(17)31-20(18,14(26)29-10)19(5,11)27/h5-11,15,21-23,27H,1-4H3/t5-,6+,7+,8+,9+,10-,11+,15?,17+,18-,19-,20-/m1/s1. The summed E-state index contributed by atoms with van der Waals surface area (Å²) in [5.41, 5.74) is -9.40. The molecule has 4 saturated heterocycles. The first-order chi connectivity index (χ1) is 14.3. The van der Waals surface area contributed by atoms with E-state index < -0.39 is 94.0 Å². The van der Waals surface area contributed by atoms with Gasteiger partial charge in [0.1, 0.15) is 12.2 Å². The van der Waals surface area contributed by atoms with Gasteiger partial charge in [-0.05, 0) is 12.3 Å². The van der Waals surface area contributed by atoms with E-state index in [2.05, 4.69) is 0 Å². The Morgan fingerprint density at radius 2 is 1.58 bits per heavy atom. The van der Waals surface area contributed by atoms with Crippen molar-refractivity contribution in [3.05, 3.63) is 0 Å². The third-order valence-corrected chi connectivity index (χ3v) is 8.95. The number of fused-ring (bicyclic) bond motifs is 1. The lowest BCUT2D eigenvalue weighted by Crippen LogP contribution is -2.67. The van der Waals surface area contributed by atoms with Crippen LogP contribution in [-0.4, -0.2) is 86.3 Å². The van der Waals surface area contributed by atoms with E-state index >= 15 is 0 Å². The highest BCUT2D eigenvalue weighted by molar-refractivity contribution is 5.94. The fourth-order valence-electron chi connectivity index (χ4n) is 8.27. The predicted octanol–water partition coefficient (Wildman–Crippen LogP) is -2.40. The smallest absolute Gasteiger partial charge is 0.343 e. The van der Waals surface area contributed by atoms with Gasteiger partial charge in [-0.25, -0.2) is 9.59 Å². The maximum absolute atomic E-state index is 13.4. The molecule has 0 aromatic rings. The zero-order chi connectivity index (χ0) is 22.7. The van der Waals surface area contributed by atoms with Crippen LogP contribution < -0.4 is 0 Å². The summed E-state index contributed by atoms with van der Waals surface area (Å²) in [4.78, 5) is 38.3. The summed E-state index contributed by atoms with van der Waals surface area (Å²) >= 11 is 0. The van der Waals surface area contributed by atoms with Gasteiger partial charge < -0.3 is 39.4 Å². The number of carbonyl (C=O) groups excluding carboxylic acids is 3. The minimum Gasteiger partial charge on any atom is -0.456 e. The molecule has 11 nitrogen and oxygen atoms in total. The Morgan fingerprint density at radius 3 is 2.19 bits per heavy atom. The number of hydrogen-bond acceptors (Lipinski definition) is 11. The first kappa shape index (κ1) is 19.9. The van der Waals surface area contributed by atoms with Gasteiger partial charge >= 0.3 is 17.9 Å². The fourth-order valence-corrected chi connectivity index (χ4v) is 8.27. The Bertz CT molecular complexity index is 957. The molecule has 0 aromatic carbocycles. The highest BCUT2D eigenvalue weighted by atomic mass is 16.8. The zero-order valence-electron chi connectivity index (χ0n) is 17.3. The van der Waals surface area contributed by atoms with Crippen LogP contribution in [0.3, 0.4) is 0 Å². The normalized spacial score (nSPS) is 61.0. The lowest BCUT2D eigenvalue weighted by molar-refractivity contribution is -0.240. The summed E-state index contributed by atoms with van der Waals surface area (Å²) in [5.74, 6) is -5.22. The lowest BCUT2D eigenvalue weighted by atomic mass is 9.51. The number of carbonyl (C=O) groups is 3. The van der Waals surface area contributed by atoms with E-state index in [1.165, 1.54) is 6.92 Å². The molecule has 0 aromatic heterocycles. The molecule has 6 fully saturated rings. The quantitative estimate of drug-likeness (QED) is 0.234. The van der Waals surface area contributed by atoms with Gasteiger partial charge in [-0.15, -0.1) is 0 Å². The lowest BCUT2D eigenvalue weighted by Gasteiger charge is -2.47. The Morgan fingerprint density at radius 1 is 0.935 bits per heavy atom. The van der Waals surface area contributed by atoms with Gasteiger partial charge in [0.15, 0.2) is 17.8 Å². The third kappa shape index (κ3) is 1.43. The number of aliphatic hydroxyl groups is 4. The molecule has 170 valence electrons. The summed E-state index contributed by atoms with van der Waals surface area (Å²) in [6, 6.07) is 0. The Kier molecular flexibility index (Phi) is 3.15. The molecule has 4 aliphatic heterocycles. The summed E-state index contributed by atoms with van der Waals surface area (Å²) in [7, 11) is 0. The molecule has 0 radical (unpaired) electrons. The molecule has 2 saturated carbocycles. The van der Waals surface area contributed by atoms with E-state index in [-0.39, 0.29) is 0 Å². The minimum atomic E-state index is -2.40. The predicted molar refractivity (Wildman–Crippen MR) is 93.4 cm³/mol. The molecule has 6 aliphatic rings. The second-order valence-corrected chi connectivity index (χ2v) is 10.8. The van der Waals surface area contributed by atoms with Crippen molar-refractivity contribution in [2.24, 2.45) is 28.1 Å². The van der Waals surface area contributed by atoms with E-state index in [4.69, 9.17) is 18.9 Å². The van der Waals surface area contributed by atoms with Crippen molar-refractivity contribution in [2.45, 2.75) is 75.7 Å². The first-order valence-electron chi connectivity index (χ1n) is 10.3. The van der Waals surface area contributed by atoms with Gasteiger partial charge in [-0.2, -0.15) is 0 Å². The van der Waals surface area contributed by atoms with E-state index in [1.54, 1.807) is 20.8 Å². The molecule has 2 spiro atoms. The highest BCUT2D eigenvalue weighted by Crippen LogP contribution is 2.84. The van der Waals surface area contributed by atoms with E-state index in [9.17, 15) is 34.8 Å². The van der Waals surface area contributed by atoms with Crippen molar-refractivity contribution in [1.82, 2.24) is 0 Å². The van der Waals surface area contributed by atoms with Gasteiger partial charge in [0.25, 0.3) is 0 Å². The summed E-state index contributed by atoms with van der Waals surface area (Å²) < 4.78 is 22.2. The minimum absolute atomic E-state index is 0.792. The van der Waals surface area contributed by atoms with E-state index in [0.717, 1.165) is 0 Å². The molecule has 1 unspecified atom stereocenters. The highest BCUT2D eigenvalue weighted by Gasteiger charge is 3.05. The van der Waals surface area contributed by atoms with Crippen LogP contribution in [-0.2, 0) is 33.3 Å². The van der Waals surface area contributed by atoms with Crippen LogP contribution in [0.1, 0.15) is 27.7 Å². The Balaban J connectivity index is 1.75. The van der Waals surface area contributed by atoms with Gasteiger partial charge in [0.05, 0.1) is 22.9 Å². The first-order valence-corrected chi connectivity index (χ1v) is 10.3. The second-order valence-electron chi connectivity index (χ2n) is 10.8. The van der Waals surface area contributed by atoms with E-state index in [0.29, 0.717) is 0 Å². The van der Waals surface area contributed by atoms with Crippen molar-refractivity contribution in [2.75, 3.05) is 0 Å². The maximum atomic E-state index is 13.4. The molecular weight excluding hydrogens is 416 g/mol. The van der Waals surface area contributed by atoms with Gasteiger partial charge in [0.2, 0.25) is 11.9 Å². The SMILES string of the molecule is C[C@@H]1C(=O)O[C@H]2[C@H](O)[C@]34[C@@H]5OC(=O)[C@]3(OC3OC(=O)[C@H](O)[C@@]34[C@H](C(C)(C)C)[C@@H]5O)[C@@]12O. The molecule has 6 rings (SSSR count). The molecule has 0 bridgehead atoms. The van der Waals surface area contributed by atoms with Crippen LogP contribution in [0.2, 0.25) is 0 Å². The fraction of sp³-hybridized carbons (Fsp3) is 0.850. The summed E-state index contributed by atoms with van der Waals surface area (Å²) in [6.07, 6.45) is -9.69. The van der Waals surface area contributed by atoms with Crippen LogP contribution in [0.15, 0.2) is 0 Å². The van der Waals surface area contributed by atoms with Crippen molar-refractivity contribution < 1.29 is 53.8 Å². The van der Waals surface area contributed by atoms with Crippen LogP contribution in [0.4, 0.5) is 0 Å². The average molecular weight is 440 g/mol. The van der Waals surface area contributed by atoms with Gasteiger partial charge in [0, 0.05) is 5.92 Å². The van der Waals surface area contributed by atoms with Crippen LogP contribution in [0.25, 0.3) is 0 Å². The van der Waals surface area contributed by atoms with Crippen molar-refractivity contribution >= 4 is 17.9 Å². The monoisotopic (exact) mass is 440 g/mol. The van der Waals surface area contributed by atoms with Crippen LogP contribution in [0, 0.1) is 28.1 Å². The third-order valence-electron chi connectivity index (χ3n) is 8.95. The average Bonchev–Trinajstić information content (AvgIpc) is 3.35. The molecule has 31 heavy (non-hydrogen) atoms. The van der Waals surface area contributed by atoms with Gasteiger partial charge in [-0.3, -0.25) is 4.79 Å². The summed E-state index contributed by atoms with van der Waals surface area (Å²) in [6.45, 7) is 6.63. The molecule has 4 heterocycles. The number of aliphatic hydroxyl groups excluding tert-OH is 3. The molecule has 12 atom stereocenters. The molecule has 2 aliphatic carbocycles. The topological polar surface area (TPSA) is 169 Å². The van der Waals surface area contributed by atoms with Gasteiger partial charge in [-0.1, -0.05) is 20.8 Å². The number of rotatable bonds is 0. The zero-order valence-corrected chi connectivity index (χ0v) is 17.3. The largest absolute Gasteiger partial charge is 0.456 e. The van der Waals surface area contributed by atoms with E-state index in [1.807, 2.05) is 0 Å². The molecule has 4 N–H and O–H groups in total. The number of esters is 3. The van der Waals surface area contributed by atoms with Crippen LogP contribution in [0.5, 0.6) is 0 Å².